The summed E-state index contributed by atoms with van der Waals surface area (Å²) in [6.07, 6.45) is 7.60. The molecule has 5 heteroatoms. The Balaban J connectivity index is 1.77. The molecule has 1 aromatic rings. The average Bonchev–Trinajstić information content (AvgIpc) is 2.85. The van der Waals surface area contributed by atoms with Gasteiger partial charge in [-0.1, -0.05) is 12.1 Å². The zero-order valence-electron chi connectivity index (χ0n) is 15.2. The number of likely N-dealkylation sites (tertiary alicyclic amines) is 2. The van der Waals surface area contributed by atoms with Crippen molar-refractivity contribution in [2.75, 3.05) is 39.3 Å². The predicted molar refractivity (Wildman–Crippen MR) is 97.9 cm³/mol. The minimum absolute atomic E-state index is 0.00482. The number of pyridine rings is 1. The standard InChI is InChI=1S/C20H29N3O2/c1-3-10-23-15-18-14-22(13-17-7-5-9-21-12-17)11-6-8-20(18,16-23)19(24)25-4-2/h3,5,7,9,12,18H,1,4,6,8,10-11,13-16H2,2H3/t18-,20-/m0/s1. The molecule has 0 N–H and O–H groups in total. The minimum Gasteiger partial charge on any atom is -0.466 e. The first-order chi connectivity index (χ1) is 12.2. The molecule has 1 aromatic heterocycles. The Labute approximate surface area is 150 Å². The van der Waals surface area contributed by atoms with Crippen LogP contribution in [-0.4, -0.2) is 60.1 Å². The molecule has 136 valence electrons. The highest BCUT2D eigenvalue weighted by molar-refractivity contribution is 5.78. The predicted octanol–water partition coefficient (Wildman–Crippen LogP) is 2.34. The van der Waals surface area contributed by atoms with E-state index < -0.39 is 0 Å². The second-order valence-corrected chi connectivity index (χ2v) is 7.26. The van der Waals surface area contributed by atoms with E-state index in [0.29, 0.717) is 12.5 Å². The van der Waals surface area contributed by atoms with Crippen molar-refractivity contribution in [2.24, 2.45) is 11.3 Å². The third-order valence-electron chi connectivity index (χ3n) is 5.54. The van der Waals surface area contributed by atoms with E-state index >= 15 is 0 Å². The van der Waals surface area contributed by atoms with Crippen molar-refractivity contribution in [3.63, 3.8) is 0 Å². The molecule has 2 aliphatic rings. The molecule has 0 unspecified atom stereocenters. The second-order valence-electron chi connectivity index (χ2n) is 7.26. The van der Waals surface area contributed by atoms with E-state index in [1.807, 2.05) is 31.5 Å². The summed E-state index contributed by atoms with van der Waals surface area (Å²) in [7, 11) is 0. The fraction of sp³-hybridized carbons (Fsp3) is 0.600. The largest absolute Gasteiger partial charge is 0.466 e. The molecule has 2 aliphatic heterocycles. The molecule has 25 heavy (non-hydrogen) atoms. The smallest absolute Gasteiger partial charge is 0.313 e. The van der Waals surface area contributed by atoms with Gasteiger partial charge in [0.15, 0.2) is 0 Å². The number of aromatic nitrogens is 1. The average molecular weight is 343 g/mol. The summed E-state index contributed by atoms with van der Waals surface area (Å²) in [5.41, 5.74) is 0.870. The van der Waals surface area contributed by atoms with Crippen LogP contribution in [0.15, 0.2) is 37.2 Å². The molecule has 0 aliphatic carbocycles. The van der Waals surface area contributed by atoms with Gasteiger partial charge in [0.1, 0.15) is 0 Å². The molecule has 2 saturated heterocycles. The van der Waals surface area contributed by atoms with Crippen LogP contribution >= 0.6 is 0 Å². The molecule has 5 nitrogen and oxygen atoms in total. The number of esters is 1. The van der Waals surface area contributed by atoms with Crippen LogP contribution in [0.2, 0.25) is 0 Å². The molecule has 0 aromatic carbocycles. The maximum Gasteiger partial charge on any atom is 0.313 e. The lowest BCUT2D eigenvalue weighted by Crippen LogP contribution is -2.42. The lowest BCUT2D eigenvalue weighted by Gasteiger charge is -2.31. The van der Waals surface area contributed by atoms with E-state index in [1.165, 1.54) is 5.56 Å². The summed E-state index contributed by atoms with van der Waals surface area (Å²) < 4.78 is 5.50. The number of carbonyl (C=O) groups is 1. The van der Waals surface area contributed by atoms with Crippen molar-refractivity contribution in [3.05, 3.63) is 42.7 Å². The van der Waals surface area contributed by atoms with E-state index in [1.54, 1.807) is 0 Å². The van der Waals surface area contributed by atoms with Gasteiger partial charge in [-0.15, -0.1) is 6.58 Å². The SMILES string of the molecule is C=CCN1C[C@@H]2CN(Cc3cccnc3)CCC[C@]2(C(=O)OCC)C1. The molecule has 2 fully saturated rings. The Morgan fingerprint density at radius 1 is 1.48 bits per heavy atom. The van der Waals surface area contributed by atoms with Gasteiger partial charge in [0, 0.05) is 51.0 Å². The number of nitrogens with zero attached hydrogens (tertiary/aromatic N) is 3. The van der Waals surface area contributed by atoms with Crippen LogP contribution in [0.25, 0.3) is 0 Å². The van der Waals surface area contributed by atoms with Crippen LogP contribution in [0.4, 0.5) is 0 Å². The highest BCUT2D eigenvalue weighted by atomic mass is 16.5. The van der Waals surface area contributed by atoms with Gasteiger partial charge < -0.3 is 4.74 Å². The number of hydrogen-bond acceptors (Lipinski definition) is 5. The van der Waals surface area contributed by atoms with Crippen LogP contribution in [0.3, 0.4) is 0 Å². The van der Waals surface area contributed by atoms with E-state index in [4.69, 9.17) is 4.74 Å². The minimum atomic E-state index is -0.358. The summed E-state index contributed by atoms with van der Waals surface area (Å²) in [6, 6.07) is 4.10. The van der Waals surface area contributed by atoms with Crippen LogP contribution in [0, 0.1) is 11.3 Å². The summed E-state index contributed by atoms with van der Waals surface area (Å²) >= 11 is 0. The second kappa shape index (κ2) is 8.11. The summed E-state index contributed by atoms with van der Waals surface area (Å²) in [5.74, 6) is 0.306. The first-order valence-electron chi connectivity index (χ1n) is 9.29. The molecule has 0 amide bonds. The molecular formula is C20H29N3O2. The zero-order chi connectivity index (χ0) is 17.7. The maximum atomic E-state index is 12.9. The highest BCUT2D eigenvalue weighted by Gasteiger charge is 2.53. The van der Waals surface area contributed by atoms with Crippen molar-refractivity contribution in [3.8, 4) is 0 Å². The zero-order valence-corrected chi connectivity index (χ0v) is 15.2. The number of rotatable bonds is 6. The van der Waals surface area contributed by atoms with Crippen LogP contribution < -0.4 is 0 Å². The highest BCUT2D eigenvalue weighted by Crippen LogP contribution is 2.43. The van der Waals surface area contributed by atoms with Gasteiger partial charge in [-0.25, -0.2) is 0 Å². The van der Waals surface area contributed by atoms with Gasteiger partial charge in [-0.3, -0.25) is 19.6 Å². The molecular weight excluding hydrogens is 314 g/mol. The van der Waals surface area contributed by atoms with Gasteiger partial charge in [0.2, 0.25) is 0 Å². The molecule has 0 radical (unpaired) electrons. The van der Waals surface area contributed by atoms with Crippen molar-refractivity contribution in [1.82, 2.24) is 14.8 Å². The molecule has 3 rings (SSSR count). The molecule has 0 saturated carbocycles. The van der Waals surface area contributed by atoms with Gasteiger partial charge in [-0.05, 0) is 37.9 Å². The monoisotopic (exact) mass is 343 g/mol. The lowest BCUT2D eigenvalue weighted by molar-refractivity contribution is -0.157. The fourth-order valence-electron chi connectivity index (χ4n) is 4.44. The Morgan fingerprint density at radius 3 is 3.04 bits per heavy atom. The Kier molecular flexibility index (Phi) is 5.86. The van der Waals surface area contributed by atoms with Crippen molar-refractivity contribution in [1.29, 1.82) is 0 Å². The maximum absolute atomic E-state index is 12.9. The first kappa shape index (κ1) is 18.1. The molecule has 0 bridgehead atoms. The van der Waals surface area contributed by atoms with Gasteiger partial charge >= 0.3 is 5.97 Å². The van der Waals surface area contributed by atoms with Crippen molar-refractivity contribution >= 4 is 5.97 Å². The van der Waals surface area contributed by atoms with Gasteiger partial charge in [0.05, 0.1) is 12.0 Å². The number of carbonyl (C=O) groups excluding carboxylic acids is 1. The topological polar surface area (TPSA) is 45.7 Å². The third-order valence-corrected chi connectivity index (χ3v) is 5.54. The third kappa shape index (κ3) is 3.93. The molecule has 0 spiro atoms. The number of ether oxygens (including phenoxy) is 1. The Morgan fingerprint density at radius 2 is 2.32 bits per heavy atom. The molecule has 2 atom stereocenters. The number of fused-ring (bicyclic) bond motifs is 1. The van der Waals surface area contributed by atoms with E-state index in [2.05, 4.69) is 27.4 Å². The van der Waals surface area contributed by atoms with E-state index in [-0.39, 0.29) is 11.4 Å². The van der Waals surface area contributed by atoms with Crippen molar-refractivity contribution < 1.29 is 9.53 Å². The summed E-state index contributed by atoms with van der Waals surface area (Å²) in [5, 5.41) is 0. The van der Waals surface area contributed by atoms with Crippen LogP contribution in [0.5, 0.6) is 0 Å². The summed E-state index contributed by atoms with van der Waals surface area (Å²) in [4.78, 5) is 21.9. The first-order valence-corrected chi connectivity index (χ1v) is 9.29. The Hall–Kier alpha value is -1.72. The van der Waals surface area contributed by atoms with E-state index in [0.717, 1.165) is 52.1 Å². The molecule has 3 heterocycles. The van der Waals surface area contributed by atoms with Gasteiger partial charge in [-0.2, -0.15) is 0 Å². The Bertz CT molecular complexity index is 592. The van der Waals surface area contributed by atoms with Gasteiger partial charge in [0.25, 0.3) is 0 Å². The van der Waals surface area contributed by atoms with Crippen LogP contribution in [0.1, 0.15) is 25.3 Å². The summed E-state index contributed by atoms with van der Waals surface area (Å²) in [6.45, 7) is 11.6. The normalized spacial score (nSPS) is 27.5. The lowest BCUT2D eigenvalue weighted by atomic mass is 9.75. The van der Waals surface area contributed by atoms with Crippen LogP contribution in [-0.2, 0) is 16.1 Å². The number of hydrogen-bond donors (Lipinski definition) is 0. The quantitative estimate of drug-likeness (QED) is 0.586. The fourth-order valence-corrected chi connectivity index (χ4v) is 4.44. The van der Waals surface area contributed by atoms with Crippen molar-refractivity contribution in [2.45, 2.75) is 26.3 Å². The van der Waals surface area contributed by atoms with E-state index in [9.17, 15) is 4.79 Å².